The van der Waals surface area contributed by atoms with Crippen LogP contribution in [0.2, 0.25) is 0 Å². The van der Waals surface area contributed by atoms with E-state index in [-0.39, 0.29) is 5.56 Å². The number of carbonyl (C=O) groups is 1. The lowest BCUT2D eigenvalue weighted by atomic mass is 10.2. The van der Waals surface area contributed by atoms with Gasteiger partial charge in [-0.05, 0) is 31.2 Å². The molecule has 2 aromatic carbocycles. The lowest BCUT2D eigenvalue weighted by Gasteiger charge is -2.08. The van der Waals surface area contributed by atoms with Crippen molar-refractivity contribution in [1.82, 2.24) is 5.32 Å². The average molecular weight is 323 g/mol. The molecule has 0 unspecified atom stereocenters. The van der Waals surface area contributed by atoms with E-state index in [9.17, 15) is 9.59 Å². The van der Waals surface area contributed by atoms with Crippen LogP contribution in [-0.4, -0.2) is 19.1 Å². The standard InChI is InChI=1S/C19H17NO4/c1-13-6-8-15(9-7-13)23-11-10-20-18(21)16-12-14-4-2-3-5-17(14)24-19(16)22/h2-9,12H,10-11H2,1H3,(H,20,21). The first kappa shape index (κ1) is 15.8. The molecule has 0 spiro atoms. The third-order valence-electron chi connectivity index (χ3n) is 3.56. The van der Waals surface area contributed by atoms with Gasteiger partial charge in [0, 0.05) is 5.39 Å². The summed E-state index contributed by atoms with van der Waals surface area (Å²) in [5.74, 6) is 0.266. The molecule has 122 valence electrons. The molecule has 0 aliphatic heterocycles. The largest absolute Gasteiger partial charge is 0.492 e. The Kier molecular flexibility index (Phi) is 4.61. The van der Waals surface area contributed by atoms with Crippen molar-refractivity contribution in [2.75, 3.05) is 13.2 Å². The van der Waals surface area contributed by atoms with E-state index < -0.39 is 11.5 Å². The molecule has 0 bridgehead atoms. The van der Waals surface area contributed by atoms with Crippen LogP contribution in [-0.2, 0) is 0 Å². The number of benzene rings is 2. The molecule has 0 saturated heterocycles. The lowest BCUT2D eigenvalue weighted by Crippen LogP contribution is -2.31. The number of amides is 1. The molecule has 1 N–H and O–H groups in total. The first-order chi connectivity index (χ1) is 11.6. The van der Waals surface area contributed by atoms with Crippen LogP contribution in [0.15, 0.2) is 63.8 Å². The number of hydrogen-bond acceptors (Lipinski definition) is 4. The number of aryl methyl sites for hydroxylation is 1. The Morgan fingerprint density at radius 2 is 1.88 bits per heavy atom. The van der Waals surface area contributed by atoms with Gasteiger partial charge in [0.1, 0.15) is 23.5 Å². The maximum absolute atomic E-state index is 12.1. The summed E-state index contributed by atoms with van der Waals surface area (Å²) in [4.78, 5) is 24.0. The van der Waals surface area contributed by atoms with Crippen LogP contribution in [0, 0.1) is 6.92 Å². The van der Waals surface area contributed by atoms with Crippen molar-refractivity contribution in [2.24, 2.45) is 0 Å². The highest BCUT2D eigenvalue weighted by Gasteiger charge is 2.13. The zero-order chi connectivity index (χ0) is 16.9. The quantitative estimate of drug-likeness (QED) is 0.579. The minimum absolute atomic E-state index is 0.0102. The van der Waals surface area contributed by atoms with Gasteiger partial charge in [-0.3, -0.25) is 4.79 Å². The van der Waals surface area contributed by atoms with Gasteiger partial charge in [0.15, 0.2) is 0 Å². The van der Waals surface area contributed by atoms with Crippen molar-refractivity contribution in [3.63, 3.8) is 0 Å². The van der Waals surface area contributed by atoms with Gasteiger partial charge in [-0.1, -0.05) is 35.9 Å². The molecular weight excluding hydrogens is 306 g/mol. The van der Waals surface area contributed by atoms with Crippen molar-refractivity contribution in [3.05, 3.63) is 76.1 Å². The fourth-order valence-electron chi connectivity index (χ4n) is 2.28. The van der Waals surface area contributed by atoms with Crippen molar-refractivity contribution in [1.29, 1.82) is 0 Å². The van der Waals surface area contributed by atoms with Crippen LogP contribution in [0.1, 0.15) is 15.9 Å². The monoisotopic (exact) mass is 323 g/mol. The zero-order valence-electron chi connectivity index (χ0n) is 13.2. The van der Waals surface area contributed by atoms with Crippen LogP contribution in [0.5, 0.6) is 5.75 Å². The SMILES string of the molecule is Cc1ccc(OCCNC(=O)c2cc3ccccc3oc2=O)cc1. The maximum atomic E-state index is 12.1. The van der Waals surface area contributed by atoms with Gasteiger partial charge >= 0.3 is 5.63 Å². The highest BCUT2D eigenvalue weighted by molar-refractivity contribution is 5.96. The van der Waals surface area contributed by atoms with Gasteiger partial charge < -0.3 is 14.5 Å². The molecule has 1 aromatic heterocycles. The van der Waals surface area contributed by atoms with Gasteiger partial charge in [-0.2, -0.15) is 0 Å². The Bertz CT molecular complexity index is 913. The van der Waals surface area contributed by atoms with Crippen LogP contribution in [0.25, 0.3) is 11.0 Å². The number of para-hydroxylation sites is 1. The average Bonchev–Trinajstić information content (AvgIpc) is 2.59. The summed E-state index contributed by atoms with van der Waals surface area (Å²) in [5.41, 5.74) is 0.954. The van der Waals surface area contributed by atoms with Crippen LogP contribution in [0.3, 0.4) is 0 Å². The number of nitrogens with one attached hydrogen (secondary N) is 1. The summed E-state index contributed by atoms with van der Waals surface area (Å²) < 4.78 is 10.7. The Hall–Kier alpha value is -3.08. The number of ether oxygens (including phenoxy) is 1. The highest BCUT2D eigenvalue weighted by Crippen LogP contribution is 2.13. The predicted octanol–water partition coefficient (Wildman–Crippen LogP) is 2.91. The molecule has 0 aliphatic carbocycles. The molecule has 0 atom stereocenters. The van der Waals surface area contributed by atoms with Gasteiger partial charge in [-0.15, -0.1) is 0 Å². The van der Waals surface area contributed by atoms with Crippen molar-refractivity contribution in [3.8, 4) is 5.75 Å². The van der Waals surface area contributed by atoms with Gasteiger partial charge in [-0.25, -0.2) is 4.79 Å². The summed E-state index contributed by atoms with van der Waals surface area (Å²) in [6.45, 7) is 2.60. The number of hydrogen-bond donors (Lipinski definition) is 1. The fourth-order valence-corrected chi connectivity index (χ4v) is 2.28. The third kappa shape index (κ3) is 3.63. The Labute approximate surface area is 138 Å². The second-order valence-electron chi connectivity index (χ2n) is 5.40. The number of carbonyl (C=O) groups excluding carboxylic acids is 1. The number of fused-ring (bicyclic) bond motifs is 1. The third-order valence-corrected chi connectivity index (χ3v) is 3.56. The molecule has 0 fully saturated rings. The van der Waals surface area contributed by atoms with Crippen molar-refractivity contribution < 1.29 is 13.9 Å². The van der Waals surface area contributed by atoms with E-state index in [0.717, 1.165) is 11.3 Å². The van der Waals surface area contributed by atoms with Gasteiger partial charge in [0.2, 0.25) is 0 Å². The smallest absolute Gasteiger partial charge is 0.349 e. The second-order valence-corrected chi connectivity index (χ2v) is 5.40. The molecule has 5 nitrogen and oxygen atoms in total. The Morgan fingerprint density at radius 1 is 1.12 bits per heavy atom. The molecule has 5 heteroatoms. The molecular formula is C19H17NO4. The molecule has 3 aromatic rings. The van der Waals surface area contributed by atoms with Crippen LogP contribution < -0.4 is 15.7 Å². The Morgan fingerprint density at radius 3 is 2.67 bits per heavy atom. The topological polar surface area (TPSA) is 68.5 Å². The summed E-state index contributed by atoms with van der Waals surface area (Å²) in [5, 5.41) is 3.37. The molecule has 1 heterocycles. The van der Waals surface area contributed by atoms with Crippen molar-refractivity contribution >= 4 is 16.9 Å². The highest BCUT2D eigenvalue weighted by atomic mass is 16.5. The predicted molar refractivity (Wildman–Crippen MR) is 91.5 cm³/mol. The molecule has 0 saturated carbocycles. The first-order valence-electron chi connectivity index (χ1n) is 7.64. The van der Waals surface area contributed by atoms with Gasteiger partial charge in [0.25, 0.3) is 5.91 Å². The summed E-state index contributed by atoms with van der Waals surface area (Å²) >= 11 is 0. The molecule has 3 rings (SSSR count). The van der Waals surface area contributed by atoms with E-state index in [4.69, 9.17) is 9.15 Å². The minimum Gasteiger partial charge on any atom is -0.492 e. The van der Waals surface area contributed by atoms with Crippen LogP contribution in [0.4, 0.5) is 0 Å². The zero-order valence-corrected chi connectivity index (χ0v) is 13.2. The van der Waals surface area contributed by atoms with Crippen LogP contribution >= 0.6 is 0 Å². The van der Waals surface area contributed by atoms with E-state index in [1.807, 2.05) is 37.3 Å². The van der Waals surface area contributed by atoms with E-state index in [1.54, 1.807) is 18.2 Å². The normalized spacial score (nSPS) is 10.5. The second kappa shape index (κ2) is 7.00. The molecule has 24 heavy (non-hydrogen) atoms. The maximum Gasteiger partial charge on any atom is 0.349 e. The minimum atomic E-state index is -0.648. The molecule has 0 aliphatic rings. The Balaban J connectivity index is 1.60. The summed E-state index contributed by atoms with van der Waals surface area (Å²) in [7, 11) is 0. The van der Waals surface area contributed by atoms with Crippen molar-refractivity contribution in [2.45, 2.75) is 6.92 Å². The summed E-state index contributed by atoms with van der Waals surface area (Å²) in [6.07, 6.45) is 0. The molecule has 0 radical (unpaired) electrons. The summed E-state index contributed by atoms with van der Waals surface area (Å²) in [6, 6.07) is 16.3. The van der Waals surface area contributed by atoms with E-state index in [2.05, 4.69) is 5.32 Å². The molecule has 1 amide bonds. The van der Waals surface area contributed by atoms with E-state index in [1.165, 1.54) is 6.07 Å². The number of rotatable bonds is 5. The first-order valence-corrected chi connectivity index (χ1v) is 7.64. The fraction of sp³-hybridized carbons (Fsp3) is 0.158. The van der Waals surface area contributed by atoms with E-state index >= 15 is 0 Å². The van der Waals surface area contributed by atoms with E-state index in [0.29, 0.717) is 24.1 Å². The lowest BCUT2D eigenvalue weighted by molar-refractivity contribution is 0.0943. The van der Waals surface area contributed by atoms with Gasteiger partial charge in [0.05, 0.1) is 6.54 Å².